The van der Waals surface area contributed by atoms with Gasteiger partial charge in [0.15, 0.2) is 0 Å². The monoisotopic (exact) mass is 338 g/mol. The molecule has 0 N–H and O–H groups in total. The van der Waals surface area contributed by atoms with Crippen molar-refractivity contribution in [2.45, 2.75) is 13.8 Å². The molecule has 0 amide bonds. The van der Waals surface area contributed by atoms with Gasteiger partial charge in [0.05, 0.1) is 4.92 Å². The second kappa shape index (κ2) is 6.76. The van der Waals surface area contributed by atoms with Gasteiger partial charge in [-0.05, 0) is 31.5 Å². The van der Waals surface area contributed by atoms with Crippen molar-refractivity contribution in [1.82, 2.24) is 0 Å². The molecule has 0 bridgehead atoms. The summed E-state index contributed by atoms with van der Waals surface area (Å²) in [5, 5.41) is 11.8. The molecular weight excluding hydrogens is 320 g/mol. The Bertz CT molecular complexity index is 990. The predicted molar refractivity (Wildman–Crippen MR) is 98.1 cm³/mol. The molecule has 6 nitrogen and oxygen atoms in total. The molecule has 3 rings (SSSR count). The first-order valence-electron chi connectivity index (χ1n) is 8.11. The maximum Gasteiger partial charge on any atom is 0.336 e. The lowest BCUT2D eigenvalue weighted by Crippen LogP contribution is -2.21. The predicted octanol–water partition coefficient (Wildman–Crippen LogP) is 4.21. The summed E-state index contributed by atoms with van der Waals surface area (Å²) in [7, 11) is 0. The quantitative estimate of drug-likeness (QED) is 0.395. The SMILES string of the molecule is CCN(CC)c1ccc2c(-c3cccc([N+](=O)[O-])c3)cc(=O)oc2c1. The molecular formula is C19H18N2O4. The van der Waals surface area contributed by atoms with Gasteiger partial charge in [-0.2, -0.15) is 0 Å². The number of benzene rings is 2. The van der Waals surface area contributed by atoms with Crippen LogP contribution in [-0.2, 0) is 0 Å². The van der Waals surface area contributed by atoms with Gasteiger partial charge in [-0.1, -0.05) is 12.1 Å². The van der Waals surface area contributed by atoms with E-state index in [9.17, 15) is 14.9 Å². The summed E-state index contributed by atoms with van der Waals surface area (Å²) >= 11 is 0. The summed E-state index contributed by atoms with van der Waals surface area (Å²) in [6.07, 6.45) is 0. The van der Waals surface area contributed by atoms with Gasteiger partial charge in [0.25, 0.3) is 5.69 Å². The van der Waals surface area contributed by atoms with E-state index in [1.165, 1.54) is 18.2 Å². The highest BCUT2D eigenvalue weighted by atomic mass is 16.6. The fourth-order valence-electron chi connectivity index (χ4n) is 2.96. The zero-order valence-corrected chi connectivity index (χ0v) is 14.1. The number of nitro benzene ring substituents is 1. The van der Waals surface area contributed by atoms with Crippen molar-refractivity contribution in [2.75, 3.05) is 18.0 Å². The van der Waals surface area contributed by atoms with Crippen LogP contribution in [0.25, 0.3) is 22.1 Å². The van der Waals surface area contributed by atoms with E-state index < -0.39 is 10.5 Å². The number of hydrogen-bond acceptors (Lipinski definition) is 5. The van der Waals surface area contributed by atoms with Crippen LogP contribution in [0.3, 0.4) is 0 Å². The molecule has 0 fully saturated rings. The van der Waals surface area contributed by atoms with Crippen LogP contribution in [0, 0.1) is 10.1 Å². The largest absolute Gasteiger partial charge is 0.423 e. The van der Waals surface area contributed by atoms with Crippen molar-refractivity contribution >= 4 is 22.3 Å². The second-order valence-electron chi connectivity index (χ2n) is 5.64. The Morgan fingerprint density at radius 2 is 1.84 bits per heavy atom. The van der Waals surface area contributed by atoms with Crippen LogP contribution in [-0.4, -0.2) is 18.0 Å². The molecule has 0 aliphatic heterocycles. The van der Waals surface area contributed by atoms with E-state index in [2.05, 4.69) is 18.7 Å². The summed E-state index contributed by atoms with van der Waals surface area (Å²) in [5.41, 5.74) is 2.18. The molecule has 25 heavy (non-hydrogen) atoms. The fourth-order valence-corrected chi connectivity index (χ4v) is 2.96. The molecule has 0 spiro atoms. The first-order valence-corrected chi connectivity index (χ1v) is 8.11. The van der Waals surface area contributed by atoms with Crippen molar-refractivity contribution in [2.24, 2.45) is 0 Å². The minimum Gasteiger partial charge on any atom is -0.423 e. The number of fused-ring (bicyclic) bond motifs is 1. The highest BCUT2D eigenvalue weighted by Crippen LogP contribution is 2.31. The Hall–Kier alpha value is -3.15. The highest BCUT2D eigenvalue weighted by molar-refractivity contribution is 5.95. The lowest BCUT2D eigenvalue weighted by molar-refractivity contribution is -0.384. The zero-order chi connectivity index (χ0) is 18.0. The van der Waals surface area contributed by atoms with Gasteiger partial charge in [0.2, 0.25) is 0 Å². The second-order valence-corrected chi connectivity index (χ2v) is 5.64. The molecule has 0 radical (unpaired) electrons. The van der Waals surface area contributed by atoms with E-state index >= 15 is 0 Å². The first kappa shape index (κ1) is 16.7. The van der Waals surface area contributed by atoms with Gasteiger partial charge in [-0.15, -0.1) is 0 Å². The van der Waals surface area contributed by atoms with Crippen molar-refractivity contribution in [3.63, 3.8) is 0 Å². The summed E-state index contributed by atoms with van der Waals surface area (Å²) in [5.74, 6) is 0. The van der Waals surface area contributed by atoms with Crippen LogP contribution in [0.2, 0.25) is 0 Å². The van der Waals surface area contributed by atoms with Gasteiger partial charge in [-0.25, -0.2) is 4.79 Å². The molecule has 128 valence electrons. The Kier molecular flexibility index (Phi) is 4.52. The zero-order valence-electron chi connectivity index (χ0n) is 14.1. The van der Waals surface area contributed by atoms with Crippen molar-refractivity contribution in [1.29, 1.82) is 0 Å². The van der Waals surface area contributed by atoms with Crippen LogP contribution in [0.15, 0.2) is 57.7 Å². The molecule has 0 unspecified atom stereocenters. The van der Waals surface area contributed by atoms with E-state index in [1.54, 1.807) is 12.1 Å². The van der Waals surface area contributed by atoms with Crippen LogP contribution >= 0.6 is 0 Å². The van der Waals surface area contributed by atoms with Crippen molar-refractivity contribution < 1.29 is 9.34 Å². The van der Waals surface area contributed by atoms with E-state index in [4.69, 9.17) is 4.42 Å². The van der Waals surface area contributed by atoms with Gasteiger partial charge in [-0.3, -0.25) is 10.1 Å². The average molecular weight is 338 g/mol. The van der Waals surface area contributed by atoms with Gasteiger partial charge in [0, 0.05) is 54.0 Å². The average Bonchev–Trinajstić information content (AvgIpc) is 2.62. The number of anilines is 1. The van der Waals surface area contributed by atoms with E-state index in [1.807, 2.05) is 18.2 Å². The maximum atomic E-state index is 12.0. The third-order valence-electron chi connectivity index (χ3n) is 4.22. The van der Waals surface area contributed by atoms with E-state index in [-0.39, 0.29) is 5.69 Å². The maximum absolute atomic E-state index is 12.0. The number of non-ortho nitro benzene ring substituents is 1. The number of nitro groups is 1. The number of hydrogen-bond donors (Lipinski definition) is 0. The molecule has 0 aliphatic rings. The Labute approximate surface area is 144 Å². The number of nitrogens with zero attached hydrogens (tertiary/aromatic N) is 2. The minimum absolute atomic E-state index is 0.0151. The van der Waals surface area contributed by atoms with Crippen LogP contribution in [0.4, 0.5) is 11.4 Å². The molecule has 1 aromatic heterocycles. The molecule has 0 aliphatic carbocycles. The van der Waals surface area contributed by atoms with Crippen molar-refractivity contribution in [3.8, 4) is 11.1 Å². The van der Waals surface area contributed by atoms with E-state index in [0.29, 0.717) is 16.7 Å². The summed E-state index contributed by atoms with van der Waals surface area (Å²) in [6, 6.07) is 13.3. The normalized spacial score (nSPS) is 10.8. The standard InChI is InChI=1S/C19H18N2O4/c1-3-20(4-2)14-8-9-16-17(12-19(22)25-18(16)11-14)13-6-5-7-15(10-13)21(23)24/h5-12H,3-4H2,1-2H3. The fraction of sp³-hybridized carbons (Fsp3) is 0.211. The molecule has 0 saturated heterocycles. The van der Waals surface area contributed by atoms with Crippen LogP contribution < -0.4 is 10.5 Å². The van der Waals surface area contributed by atoms with Gasteiger partial charge in [0.1, 0.15) is 5.58 Å². The number of rotatable bonds is 5. The van der Waals surface area contributed by atoms with Gasteiger partial charge >= 0.3 is 5.63 Å². The van der Waals surface area contributed by atoms with Crippen LogP contribution in [0.5, 0.6) is 0 Å². The Balaban J connectivity index is 2.21. The molecule has 1 heterocycles. The summed E-state index contributed by atoms with van der Waals surface area (Å²) in [4.78, 5) is 24.7. The lowest BCUT2D eigenvalue weighted by Gasteiger charge is -2.21. The Morgan fingerprint density at radius 3 is 2.52 bits per heavy atom. The van der Waals surface area contributed by atoms with E-state index in [0.717, 1.165) is 24.2 Å². The molecule has 0 atom stereocenters. The van der Waals surface area contributed by atoms with Crippen molar-refractivity contribution in [3.05, 3.63) is 69.1 Å². The first-order chi connectivity index (χ1) is 12.0. The smallest absolute Gasteiger partial charge is 0.336 e. The summed E-state index contributed by atoms with van der Waals surface area (Å²) < 4.78 is 5.37. The molecule has 2 aromatic carbocycles. The third-order valence-corrected chi connectivity index (χ3v) is 4.22. The lowest BCUT2D eigenvalue weighted by atomic mass is 10.0. The third kappa shape index (κ3) is 3.24. The summed E-state index contributed by atoms with van der Waals surface area (Å²) in [6.45, 7) is 5.81. The van der Waals surface area contributed by atoms with Gasteiger partial charge < -0.3 is 9.32 Å². The van der Waals surface area contributed by atoms with Crippen LogP contribution in [0.1, 0.15) is 13.8 Å². The molecule has 3 aromatic rings. The highest BCUT2D eigenvalue weighted by Gasteiger charge is 2.13. The molecule has 6 heteroatoms. The Morgan fingerprint density at radius 1 is 1.08 bits per heavy atom. The molecule has 0 saturated carbocycles. The topological polar surface area (TPSA) is 76.6 Å². The minimum atomic E-state index is -0.481.